The highest BCUT2D eigenvalue weighted by Gasteiger charge is 2.51. The summed E-state index contributed by atoms with van der Waals surface area (Å²) in [5.41, 5.74) is -0.776. The third-order valence-corrected chi connectivity index (χ3v) is 5.37. The molecular weight excluding hydrogens is 270 g/mol. The van der Waals surface area contributed by atoms with Gasteiger partial charge in [-0.15, -0.1) is 11.3 Å². The Labute approximate surface area is 125 Å². The second-order valence-corrected chi connectivity index (χ2v) is 7.91. The zero-order valence-corrected chi connectivity index (χ0v) is 13.4. The van der Waals surface area contributed by atoms with Crippen molar-refractivity contribution in [3.63, 3.8) is 0 Å². The lowest BCUT2D eigenvalue weighted by Crippen LogP contribution is -2.61. The first-order valence-corrected chi connectivity index (χ1v) is 8.25. The molecule has 0 spiro atoms. The summed E-state index contributed by atoms with van der Waals surface area (Å²) in [6.07, 6.45) is 3.86. The van der Waals surface area contributed by atoms with Crippen LogP contribution in [0.1, 0.15) is 51.3 Å². The predicted molar refractivity (Wildman–Crippen MR) is 82.9 cm³/mol. The summed E-state index contributed by atoms with van der Waals surface area (Å²) in [7, 11) is 0. The molecule has 1 aromatic heterocycles. The smallest absolute Gasteiger partial charge is 0.324 e. The topological polar surface area (TPSA) is 49.3 Å². The molecule has 0 radical (unpaired) electrons. The van der Waals surface area contributed by atoms with E-state index < -0.39 is 11.5 Å². The van der Waals surface area contributed by atoms with Gasteiger partial charge in [0.15, 0.2) is 0 Å². The van der Waals surface area contributed by atoms with Gasteiger partial charge in [0.1, 0.15) is 5.54 Å². The lowest BCUT2D eigenvalue weighted by Gasteiger charge is -2.47. The zero-order chi connectivity index (χ0) is 14.8. The zero-order valence-electron chi connectivity index (χ0n) is 12.6. The minimum absolute atomic E-state index is 0.00125. The molecule has 112 valence electrons. The standard InChI is InChI=1S/C16H25NO2S/c1-15(2,3)13-8-4-5-9-16(13,14(18)19)17-11-12-7-6-10-20-12/h6-7,10,13,17H,4-5,8-9,11H2,1-3H3,(H,18,19). The number of aliphatic carboxylic acids is 1. The molecule has 2 rings (SSSR count). The van der Waals surface area contributed by atoms with Gasteiger partial charge in [0.05, 0.1) is 0 Å². The summed E-state index contributed by atoms with van der Waals surface area (Å²) in [4.78, 5) is 13.2. The summed E-state index contributed by atoms with van der Waals surface area (Å²) < 4.78 is 0. The Morgan fingerprint density at radius 3 is 2.80 bits per heavy atom. The van der Waals surface area contributed by atoms with Crippen LogP contribution in [0.5, 0.6) is 0 Å². The highest BCUT2D eigenvalue weighted by atomic mass is 32.1. The van der Waals surface area contributed by atoms with E-state index in [1.165, 1.54) is 4.88 Å². The van der Waals surface area contributed by atoms with Crippen LogP contribution < -0.4 is 5.32 Å². The third-order valence-electron chi connectivity index (χ3n) is 4.49. The van der Waals surface area contributed by atoms with Crippen molar-refractivity contribution in [3.05, 3.63) is 22.4 Å². The number of carbonyl (C=O) groups is 1. The molecule has 0 aliphatic heterocycles. The molecule has 1 fully saturated rings. The van der Waals surface area contributed by atoms with Crippen molar-refractivity contribution in [2.75, 3.05) is 0 Å². The van der Waals surface area contributed by atoms with E-state index in [2.05, 4.69) is 32.2 Å². The van der Waals surface area contributed by atoms with Gasteiger partial charge < -0.3 is 5.11 Å². The number of rotatable bonds is 4. The fourth-order valence-electron chi connectivity index (χ4n) is 3.55. The van der Waals surface area contributed by atoms with Crippen LogP contribution in [0.4, 0.5) is 0 Å². The van der Waals surface area contributed by atoms with Gasteiger partial charge in [-0.3, -0.25) is 10.1 Å². The van der Waals surface area contributed by atoms with Crippen LogP contribution in [0.3, 0.4) is 0 Å². The molecule has 2 N–H and O–H groups in total. The number of hydrogen-bond acceptors (Lipinski definition) is 3. The number of thiophene rings is 1. The van der Waals surface area contributed by atoms with Crippen molar-refractivity contribution in [1.29, 1.82) is 0 Å². The summed E-state index contributed by atoms with van der Waals surface area (Å²) in [5, 5.41) is 15.3. The van der Waals surface area contributed by atoms with Crippen molar-refractivity contribution in [1.82, 2.24) is 5.32 Å². The van der Waals surface area contributed by atoms with Gasteiger partial charge in [-0.25, -0.2) is 0 Å². The van der Waals surface area contributed by atoms with Crippen molar-refractivity contribution < 1.29 is 9.90 Å². The monoisotopic (exact) mass is 295 g/mol. The Morgan fingerprint density at radius 2 is 2.25 bits per heavy atom. The number of carboxylic acid groups (broad SMARTS) is 1. The molecule has 4 heteroatoms. The Balaban J connectivity index is 2.23. The van der Waals surface area contributed by atoms with E-state index in [9.17, 15) is 9.90 Å². The quantitative estimate of drug-likeness (QED) is 0.885. The van der Waals surface area contributed by atoms with Crippen LogP contribution in [0.2, 0.25) is 0 Å². The van der Waals surface area contributed by atoms with Gasteiger partial charge in [0.25, 0.3) is 0 Å². The lowest BCUT2D eigenvalue weighted by atomic mass is 9.62. The van der Waals surface area contributed by atoms with E-state index in [0.29, 0.717) is 6.54 Å². The SMILES string of the molecule is CC(C)(C)C1CCCCC1(NCc1cccs1)C(=O)O. The molecule has 1 heterocycles. The Morgan fingerprint density at radius 1 is 1.50 bits per heavy atom. The molecule has 0 saturated heterocycles. The highest BCUT2D eigenvalue weighted by Crippen LogP contribution is 2.44. The van der Waals surface area contributed by atoms with Crippen LogP contribution in [-0.2, 0) is 11.3 Å². The van der Waals surface area contributed by atoms with Crippen LogP contribution in [0, 0.1) is 11.3 Å². The van der Waals surface area contributed by atoms with Crippen molar-refractivity contribution in [2.24, 2.45) is 11.3 Å². The Hall–Kier alpha value is -0.870. The van der Waals surface area contributed by atoms with Gasteiger partial charge in [0, 0.05) is 11.4 Å². The minimum Gasteiger partial charge on any atom is -0.480 e. The second-order valence-electron chi connectivity index (χ2n) is 6.87. The summed E-state index contributed by atoms with van der Waals surface area (Å²) in [6.45, 7) is 7.13. The lowest BCUT2D eigenvalue weighted by molar-refractivity contribution is -0.152. The summed E-state index contributed by atoms with van der Waals surface area (Å²) in [6, 6.07) is 4.07. The summed E-state index contributed by atoms with van der Waals surface area (Å²) >= 11 is 1.68. The summed E-state index contributed by atoms with van der Waals surface area (Å²) in [5.74, 6) is -0.519. The fraction of sp³-hybridized carbons (Fsp3) is 0.688. The van der Waals surface area contributed by atoms with Crippen molar-refractivity contribution in [2.45, 2.75) is 58.5 Å². The van der Waals surface area contributed by atoms with Crippen molar-refractivity contribution >= 4 is 17.3 Å². The molecule has 1 aliphatic carbocycles. The molecule has 0 bridgehead atoms. The Bertz CT molecular complexity index is 450. The van der Waals surface area contributed by atoms with E-state index in [1.807, 2.05) is 11.4 Å². The van der Waals surface area contributed by atoms with Crippen LogP contribution in [-0.4, -0.2) is 16.6 Å². The number of hydrogen-bond donors (Lipinski definition) is 2. The fourth-order valence-corrected chi connectivity index (χ4v) is 4.19. The van der Waals surface area contributed by atoms with E-state index in [-0.39, 0.29) is 11.3 Å². The van der Waals surface area contributed by atoms with Gasteiger partial charge in [-0.05, 0) is 35.6 Å². The maximum Gasteiger partial charge on any atom is 0.324 e. The molecule has 20 heavy (non-hydrogen) atoms. The molecule has 1 saturated carbocycles. The number of carboxylic acids is 1. The van der Waals surface area contributed by atoms with Gasteiger partial charge in [-0.1, -0.05) is 39.7 Å². The highest BCUT2D eigenvalue weighted by molar-refractivity contribution is 7.09. The first kappa shape index (κ1) is 15.5. The van der Waals surface area contributed by atoms with E-state index in [4.69, 9.17) is 0 Å². The first-order chi connectivity index (χ1) is 9.36. The van der Waals surface area contributed by atoms with Crippen LogP contribution in [0.15, 0.2) is 17.5 Å². The molecule has 2 unspecified atom stereocenters. The van der Waals surface area contributed by atoms with Crippen LogP contribution >= 0.6 is 11.3 Å². The van der Waals surface area contributed by atoms with E-state index >= 15 is 0 Å². The molecule has 3 nitrogen and oxygen atoms in total. The molecule has 1 aromatic rings. The van der Waals surface area contributed by atoms with E-state index in [1.54, 1.807) is 11.3 Å². The Kier molecular flexibility index (Phi) is 4.55. The van der Waals surface area contributed by atoms with Gasteiger partial charge in [-0.2, -0.15) is 0 Å². The van der Waals surface area contributed by atoms with Crippen LogP contribution in [0.25, 0.3) is 0 Å². The average Bonchev–Trinajstić information content (AvgIpc) is 2.88. The molecule has 2 atom stereocenters. The largest absolute Gasteiger partial charge is 0.480 e. The average molecular weight is 295 g/mol. The molecule has 0 amide bonds. The molecule has 0 aromatic carbocycles. The minimum atomic E-state index is -0.777. The third kappa shape index (κ3) is 3.07. The predicted octanol–water partition coefficient (Wildman–Crippen LogP) is 3.90. The molecule has 1 aliphatic rings. The maximum atomic E-state index is 12.0. The van der Waals surface area contributed by atoms with E-state index in [0.717, 1.165) is 25.7 Å². The normalized spacial score (nSPS) is 27.4. The van der Waals surface area contributed by atoms with Gasteiger partial charge in [0.2, 0.25) is 0 Å². The van der Waals surface area contributed by atoms with Gasteiger partial charge >= 0.3 is 5.97 Å². The second kappa shape index (κ2) is 5.86. The first-order valence-electron chi connectivity index (χ1n) is 7.37. The maximum absolute atomic E-state index is 12.0. The van der Waals surface area contributed by atoms with Crippen molar-refractivity contribution in [3.8, 4) is 0 Å². The molecular formula is C16H25NO2S. The number of nitrogens with one attached hydrogen (secondary N) is 1.